The van der Waals surface area contributed by atoms with Crippen LogP contribution in [-0.2, 0) is 0 Å². The number of aliphatic hydroxyl groups excluding tert-OH is 1. The molecule has 0 amide bonds. The Morgan fingerprint density at radius 3 is 2.81 bits per heavy atom. The molecular weight excluding hydrogens is 342 g/mol. The minimum atomic E-state index is 0.195. The first-order valence-corrected chi connectivity index (χ1v) is 9.50. The summed E-state index contributed by atoms with van der Waals surface area (Å²) in [6, 6.07) is 1.96. The van der Waals surface area contributed by atoms with E-state index in [1.165, 1.54) is 24.6 Å². The van der Waals surface area contributed by atoms with Gasteiger partial charge in [-0.3, -0.25) is 0 Å². The minimum Gasteiger partial charge on any atom is -0.396 e. The molecule has 0 aliphatic carbocycles. The standard InChI is InChI=1S/C19H27N7O/c20-9-16-12-25-19(13-22-16)26-18-8-17(15(11-24-18)2-1-7-27)23-10-14-3-5-21-6-4-14/h8,12-14,21,23-24,27H,1-7,10-11H2,(H,25,26). The molecule has 8 nitrogen and oxygen atoms in total. The number of aliphatic hydroxyl groups is 1. The van der Waals surface area contributed by atoms with Crippen LogP contribution in [0.1, 0.15) is 31.4 Å². The van der Waals surface area contributed by atoms with E-state index in [1.54, 1.807) is 6.20 Å². The Morgan fingerprint density at radius 1 is 1.26 bits per heavy atom. The van der Waals surface area contributed by atoms with E-state index < -0.39 is 0 Å². The molecule has 5 N–H and O–H groups in total. The molecule has 3 heterocycles. The van der Waals surface area contributed by atoms with Crippen LogP contribution in [0.3, 0.4) is 0 Å². The number of piperidine rings is 1. The third kappa shape index (κ3) is 5.67. The number of anilines is 1. The zero-order valence-electron chi connectivity index (χ0n) is 15.5. The fourth-order valence-electron chi connectivity index (χ4n) is 3.29. The van der Waals surface area contributed by atoms with E-state index >= 15 is 0 Å². The van der Waals surface area contributed by atoms with Gasteiger partial charge in [-0.05, 0) is 50.3 Å². The van der Waals surface area contributed by atoms with Crippen LogP contribution in [-0.4, -0.2) is 47.9 Å². The number of hydrogen-bond acceptors (Lipinski definition) is 8. The number of nitriles is 1. The van der Waals surface area contributed by atoms with Crippen molar-refractivity contribution >= 4 is 5.82 Å². The van der Waals surface area contributed by atoms with Crippen molar-refractivity contribution in [2.75, 3.05) is 38.1 Å². The number of nitrogens with zero attached hydrogens (tertiary/aromatic N) is 3. The van der Waals surface area contributed by atoms with Crippen LogP contribution >= 0.6 is 0 Å². The lowest BCUT2D eigenvalue weighted by Gasteiger charge is -2.27. The molecule has 1 aromatic rings. The summed E-state index contributed by atoms with van der Waals surface area (Å²) < 4.78 is 0. The van der Waals surface area contributed by atoms with Gasteiger partial charge >= 0.3 is 0 Å². The molecule has 1 saturated heterocycles. The van der Waals surface area contributed by atoms with Crippen LogP contribution in [0.25, 0.3) is 0 Å². The molecule has 0 aromatic carbocycles. The maximum Gasteiger partial charge on any atom is 0.158 e. The highest BCUT2D eigenvalue weighted by Crippen LogP contribution is 2.18. The van der Waals surface area contributed by atoms with E-state index in [0.717, 1.165) is 50.5 Å². The summed E-state index contributed by atoms with van der Waals surface area (Å²) in [7, 11) is 0. The maximum absolute atomic E-state index is 9.17. The minimum absolute atomic E-state index is 0.195. The summed E-state index contributed by atoms with van der Waals surface area (Å²) in [5.41, 5.74) is 2.68. The third-order valence-electron chi connectivity index (χ3n) is 4.87. The van der Waals surface area contributed by atoms with E-state index in [4.69, 9.17) is 5.26 Å². The largest absolute Gasteiger partial charge is 0.396 e. The van der Waals surface area contributed by atoms with E-state index in [9.17, 15) is 5.11 Å². The molecule has 0 spiro atoms. The van der Waals surface area contributed by atoms with Crippen molar-refractivity contribution in [1.29, 1.82) is 5.26 Å². The first kappa shape index (κ1) is 19.1. The van der Waals surface area contributed by atoms with Crippen LogP contribution in [0.4, 0.5) is 5.82 Å². The smallest absolute Gasteiger partial charge is 0.158 e. The fourth-order valence-corrected chi connectivity index (χ4v) is 3.29. The van der Waals surface area contributed by atoms with E-state index in [1.807, 2.05) is 6.07 Å². The predicted octanol–water partition coefficient (Wildman–Crippen LogP) is 0.821. The van der Waals surface area contributed by atoms with Gasteiger partial charge in [-0.1, -0.05) is 0 Å². The number of hydrogen-bond donors (Lipinski definition) is 5. The first-order valence-electron chi connectivity index (χ1n) is 9.50. The molecular formula is C19H27N7O. The van der Waals surface area contributed by atoms with Gasteiger partial charge in [0.05, 0.1) is 12.4 Å². The normalized spacial score (nSPS) is 17.7. The second-order valence-corrected chi connectivity index (χ2v) is 6.85. The van der Waals surface area contributed by atoms with Crippen molar-refractivity contribution in [3.8, 4) is 6.07 Å². The number of rotatable bonds is 8. The Labute approximate surface area is 159 Å². The zero-order valence-corrected chi connectivity index (χ0v) is 15.5. The lowest BCUT2D eigenvalue weighted by Crippen LogP contribution is -2.35. The second kappa shape index (κ2) is 9.90. The highest BCUT2D eigenvalue weighted by atomic mass is 16.2. The van der Waals surface area contributed by atoms with Gasteiger partial charge in [-0.25, -0.2) is 9.97 Å². The van der Waals surface area contributed by atoms with Crippen molar-refractivity contribution in [3.05, 3.63) is 41.3 Å². The van der Waals surface area contributed by atoms with Gasteiger partial charge in [-0.2, -0.15) is 5.26 Å². The average Bonchev–Trinajstić information content (AvgIpc) is 2.73. The summed E-state index contributed by atoms with van der Waals surface area (Å²) >= 11 is 0. The van der Waals surface area contributed by atoms with Crippen LogP contribution in [0, 0.1) is 17.2 Å². The Balaban J connectivity index is 1.67. The topological polar surface area (TPSA) is 118 Å². The van der Waals surface area contributed by atoms with Gasteiger partial charge in [-0.15, -0.1) is 0 Å². The molecule has 1 aromatic heterocycles. The Morgan fingerprint density at radius 2 is 2.11 bits per heavy atom. The SMILES string of the molecule is N#Cc1cnc(NC2=CC(NCC3CCNCC3)=C(CCCO)CN2)cn1. The van der Waals surface area contributed by atoms with Crippen molar-refractivity contribution in [2.24, 2.45) is 5.92 Å². The molecule has 0 bridgehead atoms. The molecule has 0 radical (unpaired) electrons. The lowest BCUT2D eigenvalue weighted by molar-refractivity contribution is 0.288. The molecule has 3 rings (SSSR count). The summed E-state index contributed by atoms with van der Waals surface area (Å²) in [4.78, 5) is 8.24. The third-order valence-corrected chi connectivity index (χ3v) is 4.87. The van der Waals surface area contributed by atoms with Crippen molar-refractivity contribution in [1.82, 2.24) is 25.9 Å². The summed E-state index contributed by atoms with van der Waals surface area (Å²) in [6.07, 6.45) is 9.06. The van der Waals surface area contributed by atoms with Crippen LogP contribution in [0.5, 0.6) is 0 Å². The van der Waals surface area contributed by atoms with Gasteiger partial charge in [0.2, 0.25) is 0 Å². The Hall–Kier alpha value is -2.63. The molecule has 2 aliphatic rings. The van der Waals surface area contributed by atoms with Crippen LogP contribution in [0.2, 0.25) is 0 Å². The highest BCUT2D eigenvalue weighted by molar-refractivity contribution is 5.44. The van der Waals surface area contributed by atoms with E-state index in [-0.39, 0.29) is 6.61 Å². The second-order valence-electron chi connectivity index (χ2n) is 6.85. The maximum atomic E-state index is 9.17. The monoisotopic (exact) mass is 369 g/mol. The van der Waals surface area contributed by atoms with Crippen LogP contribution < -0.4 is 21.3 Å². The average molecular weight is 369 g/mol. The molecule has 1 fully saturated rings. The van der Waals surface area contributed by atoms with Gasteiger partial charge in [0.15, 0.2) is 5.69 Å². The Kier molecular flexibility index (Phi) is 7.02. The summed E-state index contributed by atoms with van der Waals surface area (Å²) in [6.45, 7) is 4.05. The van der Waals surface area contributed by atoms with Gasteiger partial charge in [0.1, 0.15) is 17.7 Å². The zero-order chi connectivity index (χ0) is 18.9. The highest BCUT2D eigenvalue weighted by Gasteiger charge is 2.17. The summed E-state index contributed by atoms with van der Waals surface area (Å²) in [5.74, 6) is 2.11. The van der Waals surface area contributed by atoms with E-state index in [2.05, 4.69) is 37.3 Å². The molecule has 8 heteroatoms. The van der Waals surface area contributed by atoms with Gasteiger partial charge < -0.3 is 26.4 Å². The first-order chi connectivity index (χ1) is 13.3. The number of nitrogens with one attached hydrogen (secondary N) is 4. The lowest BCUT2D eigenvalue weighted by atomic mass is 9.97. The van der Waals surface area contributed by atoms with Gasteiger partial charge in [0.25, 0.3) is 0 Å². The molecule has 0 unspecified atom stereocenters. The van der Waals surface area contributed by atoms with Gasteiger partial charge in [0, 0.05) is 31.5 Å². The molecule has 27 heavy (non-hydrogen) atoms. The van der Waals surface area contributed by atoms with Crippen molar-refractivity contribution in [2.45, 2.75) is 25.7 Å². The summed E-state index contributed by atoms with van der Waals surface area (Å²) in [5, 5.41) is 31.6. The fraction of sp³-hybridized carbons (Fsp3) is 0.526. The molecule has 0 atom stereocenters. The molecule has 2 aliphatic heterocycles. The number of allylic oxidation sites excluding steroid dienone is 1. The number of aromatic nitrogens is 2. The van der Waals surface area contributed by atoms with Crippen LogP contribution in [0.15, 0.2) is 35.6 Å². The number of dihydropyridines is 1. The molecule has 144 valence electrons. The predicted molar refractivity (Wildman–Crippen MR) is 103 cm³/mol. The molecule has 0 saturated carbocycles. The van der Waals surface area contributed by atoms with Crippen molar-refractivity contribution in [3.63, 3.8) is 0 Å². The van der Waals surface area contributed by atoms with Crippen molar-refractivity contribution < 1.29 is 5.11 Å². The van der Waals surface area contributed by atoms with E-state index in [0.29, 0.717) is 17.4 Å². The Bertz CT molecular complexity index is 715. The quantitative estimate of drug-likeness (QED) is 0.457.